The zero-order chi connectivity index (χ0) is 21.9. The van der Waals surface area contributed by atoms with Crippen LogP contribution in [0, 0.1) is 12.3 Å². The molecule has 0 saturated carbocycles. The SMILES string of the molecule is C#CCOc1c(Cl)cc(/C=N/NC(=O)c2ccc(OCC=C)c(OC)c2)cc1OC. The van der Waals surface area contributed by atoms with Crippen molar-refractivity contribution in [2.24, 2.45) is 5.10 Å². The van der Waals surface area contributed by atoms with E-state index in [0.29, 0.717) is 45.8 Å². The van der Waals surface area contributed by atoms with Gasteiger partial charge in [0.05, 0.1) is 25.5 Å². The molecule has 0 aliphatic heterocycles. The molecule has 0 fully saturated rings. The van der Waals surface area contributed by atoms with Gasteiger partial charge in [0.1, 0.15) is 13.2 Å². The van der Waals surface area contributed by atoms with Gasteiger partial charge in [-0.3, -0.25) is 4.79 Å². The number of ether oxygens (including phenoxy) is 4. The van der Waals surface area contributed by atoms with Crippen molar-refractivity contribution in [1.29, 1.82) is 0 Å². The van der Waals surface area contributed by atoms with Crippen LogP contribution in [0.25, 0.3) is 0 Å². The highest BCUT2D eigenvalue weighted by molar-refractivity contribution is 6.32. The zero-order valence-corrected chi connectivity index (χ0v) is 17.4. The summed E-state index contributed by atoms with van der Waals surface area (Å²) in [4.78, 5) is 12.4. The van der Waals surface area contributed by atoms with Crippen molar-refractivity contribution in [3.8, 4) is 35.3 Å². The zero-order valence-electron chi connectivity index (χ0n) is 16.6. The predicted molar refractivity (Wildman–Crippen MR) is 116 cm³/mol. The van der Waals surface area contributed by atoms with Crippen molar-refractivity contribution in [3.63, 3.8) is 0 Å². The first-order valence-electron chi connectivity index (χ1n) is 8.73. The summed E-state index contributed by atoms with van der Waals surface area (Å²) < 4.78 is 21.4. The number of nitrogens with one attached hydrogen (secondary N) is 1. The third-order valence-electron chi connectivity index (χ3n) is 3.71. The van der Waals surface area contributed by atoms with Gasteiger partial charge in [-0.2, -0.15) is 5.10 Å². The lowest BCUT2D eigenvalue weighted by Gasteiger charge is -2.11. The number of carbonyl (C=O) groups is 1. The highest BCUT2D eigenvalue weighted by atomic mass is 35.5. The first-order chi connectivity index (χ1) is 14.5. The summed E-state index contributed by atoms with van der Waals surface area (Å²) in [7, 11) is 2.97. The van der Waals surface area contributed by atoms with Crippen LogP contribution in [-0.4, -0.2) is 39.6 Å². The van der Waals surface area contributed by atoms with E-state index >= 15 is 0 Å². The Labute approximate surface area is 180 Å². The summed E-state index contributed by atoms with van der Waals surface area (Å²) in [6.07, 6.45) is 8.24. The van der Waals surface area contributed by atoms with Gasteiger partial charge in [-0.15, -0.1) is 6.42 Å². The van der Waals surface area contributed by atoms with Crippen LogP contribution in [0.3, 0.4) is 0 Å². The second-order valence-electron chi connectivity index (χ2n) is 5.69. The Morgan fingerprint density at radius 1 is 1.20 bits per heavy atom. The van der Waals surface area contributed by atoms with Gasteiger partial charge >= 0.3 is 0 Å². The van der Waals surface area contributed by atoms with E-state index in [4.69, 9.17) is 37.0 Å². The van der Waals surface area contributed by atoms with Gasteiger partial charge in [0.15, 0.2) is 23.0 Å². The van der Waals surface area contributed by atoms with E-state index in [0.717, 1.165) is 0 Å². The molecular weight excluding hydrogens is 408 g/mol. The molecule has 2 rings (SSSR count). The summed E-state index contributed by atoms with van der Waals surface area (Å²) in [5, 5.41) is 4.26. The maximum absolute atomic E-state index is 12.4. The average Bonchev–Trinajstić information content (AvgIpc) is 2.76. The molecular formula is C22H21ClN2O5. The second kappa shape index (κ2) is 11.4. The molecule has 0 bridgehead atoms. The maximum Gasteiger partial charge on any atom is 0.271 e. The fraction of sp³-hybridized carbons (Fsp3) is 0.182. The molecule has 0 radical (unpaired) electrons. The molecule has 0 spiro atoms. The number of rotatable bonds is 10. The van der Waals surface area contributed by atoms with Crippen molar-refractivity contribution < 1.29 is 23.7 Å². The molecule has 0 unspecified atom stereocenters. The predicted octanol–water partition coefficient (Wildman–Crippen LogP) is 3.70. The van der Waals surface area contributed by atoms with Gasteiger partial charge in [0.2, 0.25) is 0 Å². The molecule has 156 valence electrons. The number of benzene rings is 2. The van der Waals surface area contributed by atoms with Crippen LogP contribution < -0.4 is 24.4 Å². The lowest BCUT2D eigenvalue weighted by Crippen LogP contribution is -2.17. The number of amides is 1. The number of methoxy groups -OCH3 is 2. The Bertz CT molecular complexity index is 982. The summed E-state index contributed by atoms with van der Waals surface area (Å²) >= 11 is 6.22. The van der Waals surface area contributed by atoms with Crippen LogP contribution in [-0.2, 0) is 0 Å². The topological polar surface area (TPSA) is 78.4 Å². The monoisotopic (exact) mass is 428 g/mol. The van der Waals surface area contributed by atoms with Crippen LogP contribution in [0.1, 0.15) is 15.9 Å². The molecule has 2 aromatic rings. The maximum atomic E-state index is 12.4. The largest absolute Gasteiger partial charge is 0.493 e. The van der Waals surface area contributed by atoms with E-state index in [1.165, 1.54) is 20.4 Å². The lowest BCUT2D eigenvalue weighted by atomic mass is 10.2. The summed E-state index contributed by atoms with van der Waals surface area (Å²) in [5.74, 6) is 3.60. The van der Waals surface area contributed by atoms with Gasteiger partial charge in [-0.1, -0.05) is 30.2 Å². The van der Waals surface area contributed by atoms with E-state index in [2.05, 4.69) is 23.0 Å². The minimum absolute atomic E-state index is 0.0560. The van der Waals surface area contributed by atoms with Gasteiger partial charge < -0.3 is 18.9 Å². The molecule has 0 aliphatic rings. The van der Waals surface area contributed by atoms with E-state index in [-0.39, 0.29) is 6.61 Å². The van der Waals surface area contributed by atoms with E-state index in [9.17, 15) is 4.79 Å². The minimum Gasteiger partial charge on any atom is -0.493 e. The van der Waals surface area contributed by atoms with Crippen LogP contribution in [0.2, 0.25) is 5.02 Å². The molecule has 1 N–H and O–H groups in total. The first kappa shape index (κ1) is 22.7. The highest BCUT2D eigenvalue weighted by Crippen LogP contribution is 2.36. The summed E-state index contributed by atoms with van der Waals surface area (Å²) in [6, 6.07) is 8.06. The Kier molecular flexibility index (Phi) is 8.60. The highest BCUT2D eigenvalue weighted by Gasteiger charge is 2.12. The van der Waals surface area contributed by atoms with Crippen molar-refractivity contribution in [2.45, 2.75) is 0 Å². The minimum atomic E-state index is -0.424. The number of terminal acetylenes is 1. The fourth-order valence-corrected chi connectivity index (χ4v) is 2.65. The number of hydrogen-bond acceptors (Lipinski definition) is 6. The molecule has 8 heteroatoms. The number of hydrogen-bond donors (Lipinski definition) is 1. The Hall–Kier alpha value is -3.63. The third kappa shape index (κ3) is 5.93. The van der Waals surface area contributed by atoms with Gasteiger partial charge in [0.25, 0.3) is 5.91 Å². The Morgan fingerprint density at radius 3 is 2.63 bits per heavy atom. The molecule has 30 heavy (non-hydrogen) atoms. The van der Waals surface area contributed by atoms with Gasteiger partial charge in [-0.25, -0.2) is 5.43 Å². The average molecular weight is 429 g/mol. The molecule has 0 saturated heterocycles. The molecule has 1 amide bonds. The van der Waals surface area contributed by atoms with E-state index < -0.39 is 5.91 Å². The number of hydrazone groups is 1. The van der Waals surface area contributed by atoms with Crippen LogP contribution in [0.15, 0.2) is 48.1 Å². The molecule has 0 aliphatic carbocycles. The van der Waals surface area contributed by atoms with E-state index in [1.807, 2.05) is 0 Å². The van der Waals surface area contributed by atoms with Gasteiger partial charge in [0, 0.05) is 5.56 Å². The van der Waals surface area contributed by atoms with Crippen molar-refractivity contribution in [3.05, 3.63) is 59.1 Å². The van der Waals surface area contributed by atoms with Crippen molar-refractivity contribution in [1.82, 2.24) is 5.43 Å². The van der Waals surface area contributed by atoms with Crippen molar-refractivity contribution >= 4 is 23.7 Å². The Balaban J connectivity index is 2.11. The molecule has 2 aromatic carbocycles. The summed E-state index contributed by atoms with van der Waals surface area (Å²) in [5.41, 5.74) is 3.39. The number of halogens is 1. The number of carbonyl (C=O) groups excluding carboxylic acids is 1. The van der Waals surface area contributed by atoms with Gasteiger partial charge in [-0.05, 0) is 35.9 Å². The van der Waals surface area contributed by atoms with Crippen LogP contribution >= 0.6 is 11.6 Å². The van der Waals surface area contributed by atoms with Crippen LogP contribution in [0.5, 0.6) is 23.0 Å². The molecule has 7 nitrogen and oxygen atoms in total. The lowest BCUT2D eigenvalue weighted by molar-refractivity contribution is 0.0954. The quantitative estimate of drug-likeness (QED) is 0.270. The standard InChI is InChI=1S/C22H21ClN2O5/c1-5-9-29-18-8-7-16(13-19(18)27-3)22(26)25-24-14-15-11-17(23)21(30-10-6-2)20(12-15)28-4/h2,5,7-8,11-14H,1,9-10H2,3-4H3,(H,25,26)/b24-14+. The van der Waals surface area contributed by atoms with Crippen LogP contribution in [0.4, 0.5) is 0 Å². The van der Waals surface area contributed by atoms with Crippen molar-refractivity contribution in [2.75, 3.05) is 27.4 Å². The molecule has 0 aromatic heterocycles. The number of nitrogens with zero attached hydrogens (tertiary/aromatic N) is 1. The molecule has 0 heterocycles. The fourth-order valence-electron chi connectivity index (χ4n) is 2.37. The Morgan fingerprint density at radius 2 is 1.97 bits per heavy atom. The second-order valence-corrected chi connectivity index (χ2v) is 6.10. The third-order valence-corrected chi connectivity index (χ3v) is 3.99. The van der Waals surface area contributed by atoms with E-state index in [1.54, 1.807) is 36.4 Å². The smallest absolute Gasteiger partial charge is 0.271 e. The molecule has 0 atom stereocenters. The first-order valence-corrected chi connectivity index (χ1v) is 9.10. The summed E-state index contributed by atoms with van der Waals surface area (Å²) in [6.45, 7) is 3.97. The normalized spacial score (nSPS) is 10.2.